The third-order valence-electron chi connectivity index (χ3n) is 7.60. The Morgan fingerprint density at radius 3 is 1.38 bits per heavy atom. The van der Waals surface area contributed by atoms with Gasteiger partial charge in [0.25, 0.3) is 0 Å². The first-order valence-corrected chi connectivity index (χ1v) is 19.4. The zero-order valence-corrected chi connectivity index (χ0v) is 33.0. The second kappa shape index (κ2) is 24.4. The fourth-order valence-corrected chi connectivity index (χ4v) is 6.05. The van der Waals surface area contributed by atoms with Gasteiger partial charge in [-0.15, -0.1) is 0 Å². The van der Waals surface area contributed by atoms with Crippen molar-refractivity contribution in [1.29, 1.82) is 0 Å². The topological polar surface area (TPSA) is 164 Å². The minimum Gasteiger partial charge on any atom is -0.432 e. The fraction of sp³-hybridized carbons (Fsp3) is 0.450. The highest BCUT2D eigenvalue weighted by Gasteiger charge is 2.40. The third-order valence-corrected chi connectivity index (χ3v) is 9.07. The van der Waals surface area contributed by atoms with E-state index in [2.05, 4.69) is 0 Å². The van der Waals surface area contributed by atoms with Gasteiger partial charge < -0.3 is 43.0 Å². The highest BCUT2D eigenvalue weighted by molar-refractivity contribution is 7.57. The van der Waals surface area contributed by atoms with E-state index in [1.54, 1.807) is 34.6 Å². The van der Waals surface area contributed by atoms with Crippen LogP contribution in [-0.2, 0) is 71.3 Å². The van der Waals surface area contributed by atoms with Crippen LogP contribution >= 0.6 is 7.60 Å². The number of rotatable bonds is 24. The van der Waals surface area contributed by atoms with E-state index < -0.39 is 76.2 Å². The lowest BCUT2D eigenvalue weighted by molar-refractivity contribution is -0.235. The van der Waals surface area contributed by atoms with Crippen LogP contribution in [0.2, 0.25) is 0 Å². The van der Waals surface area contributed by atoms with Gasteiger partial charge in [0.1, 0.15) is 12.2 Å². The number of hydrogen-bond acceptors (Lipinski definition) is 14. The molecule has 14 nitrogen and oxygen atoms in total. The SMILES string of the molecule is COC(O)C(OCc1ccccc1)C(OCc1ccccc1)C(OCc1ccccc1)C(C)/C=C/P(=O)(OCOC(=O)OC(C)C)OCOC(=O)OC(C)C. The van der Waals surface area contributed by atoms with E-state index in [0.29, 0.717) is 0 Å². The molecule has 0 saturated heterocycles. The molecule has 0 saturated carbocycles. The maximum Gasteiger partial charge on any atom is 0.510 e. The summed E-state index contributed by atoms with van der Waals surface area (Å²) in [6.45, 7) is 7.02. The smallest absolute Gasteiger partial charge is 0.432 e. The fourth-order valence-electron chi connectivity index (χ4n) is 4.92. The zero-order valence-electron chi connectivity index (χ0n) is 32.1. The molecular weight excluding hydrogens is 735 g/mol. The van der Waals surface area contributed by atoms with Gasteiger partial charge in [-0.3, -0.25) is 13.6 Å². The van der Waals surface area contributed by atoms with Crippen LogP contribution in [0.3, 0.4) is 0 Å². The van der Waals surface area contributed by atoms with E-state index in [9.17, 15) is 19.3 Å². The van der Waals surface area contributed by atoms with E-state index in [-0.39, 0.29) is 19.8 Å². The number of aliphatic hydroxyl groups excluding tert-OH is 1. The Morgan fingerprint density at radius 1 is 0.618 bits per heavy atom. The van der Waals surface area contributed by atoms with Crippen LogP contribution in [0, 0.1) is 5.92 Å². The first-order chi connectivity index (χ1) is 26.4. The van der Waals surface area contributed by atoms with Crippen molar-refractivity contribution in [2.75, 3.05) is 20.7 Å². The van der Waals surface area contributed by atoms with E-state index in [1.165, 1.54) is 13.2 Å². The number of carbonyl (C=O) groups is 2. The second-order valence-corrected chi connectivity index (χ2v) is 14.7. The Bertz CT molecular complexity index is 1560. The molecule has 5 atom stereocenters. The number of ether oxygens (including phenoxy) is 8. The Balaban J connectivity index is 1.98. The highest BCUT2D eigenvalue weighted by Crippen LogP contribution is 2.50. The van der Waals surface area contributed by atoms with Gasteiger partial charge in [-0.1, -0.05) is 104 Å². The van der Waals surface area contributed by atoms with Crippen molar-refractivity contribution in [3.8, 4) is 0 Å². The number of aliphatic hydroxyl groups is 1. The van der Waals surface area contributed by atoms with E-state index in [1.807, 2.05) is 91.0 Å². The van der Waals surface area contributed by atoms with E-state index in [4.69, 9.17) is 46.9 Å². The number of carbonyl (C=O) groups excluding carboxylic acids is 2. The summed E-state index contributed by atoms with van der Waals surface area (Å²) in [5.74, 6) is 0.474. The second-order valence-electron chi connectivity index (χ2n) is 12.8. The molecule has 0 heterocycles. The lowest BCUT2D eigenvalue weighted by Gasteiger charge is -2.37. The Morgan fingerprint density at radius 2 is 1.00 bits per heavy atom. The van der Waals surface area contributed by atoms with Crippen molar-refractivity contribution in [2.45, 2.75) is 91.2 Å². The Kier molecular flexibility index (Phi) is 20.1. The van der Waals surface area contributed by atoms with Gasteiger partial charge in [0.05, 0.1) is 38.1 Å². The van der Waals surface area contributed by atoms with Crippen molar-refractivity contribution in [3.05, 3.63) is 120 Å². The molecule has 3 rings (SSSR count). The van der Waals surface area contributed by atoms with Crippen molar-refractivity contribution >= 4 is 19.9 Å². The van der Waals surface area contributed by atoms with Crippen molar-refractivity contribution in [2.24, 2.45) is 5.92 Å². The highest BCUT2D eigenvalue weighted by atomic mass is 31.2. The summed E-state index contributed by atoms with van der Waals surface area (Å²) in [4.78, 5) is 24.0. The van der Waals surface area contributed by atoms with Gasteiger partial charge in [-0.25, -0.2) is 9.59 Å². The molecule has 0 spiro atoms. The molecule has 0 aromatic heterocycles. The quantitative estimate of drug-likeness (QED) is 0.0526. The third kappa shape index (κ3) is 17.5. The molecule has 3 aromatic carbocycles. The maximum atomic E-state index is 14.0. The van der Waals surface area contributed by atoms with Crippen LogP contribution in [0.1, 0.15) is 51.3 Å². The van der Waals surface area contributed by atoms with E-state index in [0.717, 1.165) is 22.5 Å². The molecule has 302 valence electrons. The summed E-state index contributed by atoms with van der Waals surface area (Å²) in [6.07, 6.45) is -5.99. The molecule has 0 fully saturated rings. The van der Waals surface area contributed by atoms with Crippen LogP contribution in [0.4, 0.5) is 9.59 Å². The molecule has 1 N–H and O–H groups in total. The first kappa shape index (κ1) is 45.3. The average molecular weight is 789 g/mol. The molecule has 0 bridgehead atoms. The van der Waals surface area contributed by atoms with Crippen LogP contribution < -0.4 is 0 Å². The van der Waals surface area contributed by atoms with Crippen molar-refractivity contribution < 1.29 is 66.2 Å². The number of methoxy groups -OCH3 is 1. The average Bonchev–Trinajstić information content (AvgIpc) is 3.16. The number of benzene rings is 3. The largest absolute Gasteiger partial charge is 0.510 e. The minimum absolute atomic E-state index is 0.113. The molecule has 0 aliphatic heterocycles. The van der Waals surface area contributed by atoms with Crippen molar-refractivity contribution in [3.63, 3.8) is 0 Å². The summed E-state index contributed by atoms with van der Waals surface area (Å²) >= 11 is 0. The molecule has 0 radical (unpaired) electrons. The predicted octanol–water partition coefficient (Wildman–Crippen LogP) is 8.12. The monoisotopic (exact) mass is 788 g/mol. The van der Waals surface area contributed by atoms with Crippen LogP contribution in [0.15, 0.2) is 103 Å². The van der Waals surface area contributed by atoms with Gasteiger partial charge in [-0.2, -0.15) is 0 Å². The summed E-state index contributed by atoms with van der Waals surface area (Å²) in [7, 11) is -2.96. The molecular formula is C40H53O14P. The van der Waals surface area contributed by atoms with Gasteiger partial charge in [-0.05, 0) is 44.4 Å². The van der Waals surface area contributed by atoms with E-state index >= 15 is 0 Å². The Labute approximate surface area is 323 Å². The summed E-state index contributed by atoms with van der Waals surface area (Å²) in [5, 5.41) is 11.2. The van der Waals surface area contributed by atoms with Gasteiger partial charge in [0, 0.05) is 18.8 Å². The molecule has 15 heteroatoms. The van der Waals surface area contributed by atoms with Gasteiger partial charge in [0.15, 0.2) is 6.29 Å². The van der Waals surface area contributed by atoms with Crippen molar-refractivity contribution in [1.82, 2.24) is 0 Å². The molecule has 0 amide bonds. The summed E-state index contributed by atoms with van der Waals surface area (Å²) in [5.41, 5.74) is 2.55. The lowest BCUT2D eigenvalue weighted by Crippen LogP contribution is -2.51. The molecule has 3 aromatic rings. The normalized spacial score (nSPS) is 14.6. The van der Waals surface area contributed by atoms with Gasteiger partial charge >= 0.3 is 19.9 Å². The maximum absolute atomic E-state index is 14.0. The zero-order chi connectivity index (χ0) is 40.1. The number of hydrogen-bond donors (Lipinski definition) is 1. The molecule has 5 unspecified atom stereocenters. The first-order valence-electron chi connectivity index (χ1n) is 17.8. The molecule has 0 aliphatic rings. The summed E-state index contributed by atoms with van der Waals surface area (Å²) in [6, 6.07) is 28.3. The lowest BCUT2D eigenvalue weighted by atomic mass is 9.95. The predicted molar refractivity (Wildman–Crippen MR) is 201 cm³/mol. The Hall–Kier alpha value is -4.11. The molecule has 55 heavy (non-hydrogen) atoms. The summed E-state index contributed by atoms with van der Waals surface area (Å²) < 4.78 is 69.4. The van der Waals surface area contributed by atoms with Crippen LogP contribution in [0.25, 0.3) is 0 Å². The van der Waals surface area contributed by atoms with Gasteiger partial charge in [0.2, 0.25) is 13.6 Å². The minimum atomic E-state index is -4.31. The standard InChI is InChI=1S/C40H53O14P/c1-29(2)53-39(42)49-27-51-55(44,52-28-50-40(43)54-30(3)4)23-22-31(5)35(46-24-32-16-10-7-11-17-32)36(47-25-33-18-12-8-13-19-33)37(38(41)45-6)48-26-34-20-14-9-15-21-34/h7-23,29-31,35-38,41H,24-28H2,1-6H3/b23-22+. The van der Waals surface area contributed by atoms with Crippen LogP contribution in [0.5, 0.6) is 0 Å². The van der Waals surface area contributed by atoms with Crippen LogP contribution in [-0.4, -0.2) is 74.9 Å². The molecule has 0 aliphatic carbocycles.